The van der Waals surface area contributed by atoms with Crippen LogP contribution in [0.2, 0.25) is 0 Å². The highest BCUT2D eigenvalue weighted by Crippen LogP contribution is 2.43. The van der Waals surface area contributed by atoms with Gasteiger partial charge in [0.1, 0.15) is 11.6 Å². The van der Waals surface area contributed by atoms with Gasteiger partial charge in [0.15, 0.2) is 0 Å². The SMILES string of the molecule is C[C@@H]1C[C@@H](N(C(=O)c2cccc(F)c2)c2ccccc2)c2ccccc2N1C(=O)c1cccc(F)c1. The van der Waals surface area contributed by atoms with Crippen LogP contribution in [0, 0.1) is 11.6 Å². The summed E-state index contributed by atoms with van der Waals surface area (Å²) in [5.41, 5.74) is 2.61. The first-order chi connectivity index (χ1) is 17.4. The maximum absolute atomic E-state index is 14.0. The summed E-state index contributed by atoms with van der Waals surface area (Å²) < 4.78 is 27.9. The maximum atomic E-state index is 14.0. The molecule has 1 heterocycles. The standard InChI is InChI=1S/C30H24F2N2O2/c1-20-17-28(34(25-13-3-2-4-14-25)30(36)22-10-8-12-24(32)19-22)26-15-5-6-16-27(26)33(20)29(35)21-9-7-11-23(31)18-21/h2-16,18-20,28H,17H2,1H3/t20-,28-/m1/s1. The van der Waals surface area contributed by atoms with Gasteiger partial charge in [-0.05, 0) is 73.5 Å². The summed E-state index contributed by atoms with van der Waals surface area (Å²) in [6, 6.07) is 27.3. The van der Waals surface area contributed by atoms with Crippen LogP contribution in [0.4, 0.5) is 20.2 Å². The molecular formula is C30H24F2N2O2. The van der Waals surface area contributed by atoms with Crippen LogP contribution in [0.5, 0.6) is 0 Å². The number of nitrogens with zero attached hydrogens (tertiary/aromatic N) is 2. The number of hydrogen-bond acceptors (Lipinski definition) is 2. The van der Waals surface area contributed by atoms with Crippen LogP contribution >= 0.6 is 0 Å². The number of carbonyl (C=O) groups is 2. The molecule has 180 valence electrons. The summed E-state index contributed by atoms with van der Waals surface area (Å²) in [7, 11) is 0. The third-order valence-corrected chi connectivity index (χ3v) is 6.49. The van der Waals surface area contributed by atoms with Crippen LogP contribution in [0.1, 0.15) is 45.7 Å². The first kappa shape index (κ1) is 23.4. The lowest BCUT2D eigenvalue weighted by Gasteiger charge is -2.43. The number of rotatable bonds is 4. The predicted octanol–water partition coefficient (Wildman–Crippen LogP) is 6.79. The van der Waals surface area contributed by atoms with Gasteiger partial charge in [-0.2, -0.15) is 0 Å². The number of para-hydroxylation sites is 2. The van der Waals surface area contributed by atoms with Gasteiger partial charge in [-0.25, -0.2) is 8.78 Å². The van der Waals surface area contributed by atoms with Crippen LogP contribution in [0.15, 0.2) is 103 Å². The van der Waals surface area contributed by atoms with Crippen LogP contribution in [0.3, 0.4) is 0 Å². The molecular weight excluding hydrogens is 458 g/mol. The Morgan fingerprint density at radius 1 is 0.778 bits per heavy atom. The Morgan fingerprint density at radius 3 is 2.08 bits per heavy atom. The maximum Gasteiger partial charge on any atom is 0.258 e. The fraction of sp³-hybridized carbons (Fsp3) is 0.133. The predicted molar refractivity (Wildman–Crippen MR) is 136 cm³/mol. The van der Waals surface area contributed by atoms with Crippen LogP contribution in [0.25, 0.3) is 0 Å². The van der Waals surface area contributed by atoms with E-state index in [1.165, 1.54) is 36.4 Å². The summed E-state index contributed by atoms with van der Waals surface area (Å²) in [5.74, 6) is -1.61. The molecule has 0 fully saturated rings. The Labute approximate surface area is 208 Å². The summed E-state index contributed by atoms with van der Waals surface area (Å²) in [4.78, 5) is 30.7. The van der Waals surface area contributed by atoms with Gasteiger partial charge in [0.2, 0.25) is 0 Å². The van der Waals surface area contributed by atoms with E-state index in [0.717, 1.165) is 5.56 Å². The van der Waals surface area contributed by atoms with E-state index in [4.69, 9.17) is 0 Å². The second-order valence-corrected chi connectivity index (χ2v) is 8.87. The van der Waals surface area contributed by atoms with E-state index in [2.05, 4.69) is 0 Å². The molecule has 0 bridgehead atoms. The van der Waals surface area contributed by atoms with Gasteiger partial charge >= 0.3 is 0 Å². The Hall–Kier alpha value is -4.32. The molecule has 0 aromatic heterocycles. The van der Waals surface area contributed by atoms with Crippen molar-refractivity contribution in [1.82, 2.24) is 0 Å². The minimum Gasteiger partial charge on any atom is -0.305 e. The van der Waals surface area contributed by atoms with Gasteiger partial charge in [-0.15, -0.1) is 0 Å². The van der Waals surface area contributed by atoms with Crippen LogP contribution in [-0.4, -0.2) is 17.9 Å². The second kappa shape index (κ2) is 9.74. The molecule has 5 rings (SSSR count). The molecule has 2 amide bonds. The van der Waals surface area contributed by atoms with Gasteiger partial charge in [-0.3, -0.25) is 9.59 Å². The van der Waals surface area contributed by atoms with Gasteiger partial charge in [-0.1, -0.05) is 48.5 Å². The molecule has 0 saturated heterocycles. The number of halogens is 2. The Bertz CT molecular complexity index is 1420. The topological polar surface area (TPSA) is 40.6 Å². The minimum atomic E-state index is -0.488. The number of anilines is 2. The molecule has 0 unspecified atom stereocenters. The molecule has 0 spiro atoms. The van der Waals surface area contributed by atoms with E-state index in [-0.39, 0.29) is 29.0 Å². The van der Waals surface area contributed by atoms with Gasteiger partial charge in [0, 0.05) is 28.5 Å². The first-order valence-corrected chi connectivity index (χ1v) is 11.8. The molecule has 2 atom stereocenters. The van der Waals surface area contributed by atoms with Crippen LogP contribution in [-0.2, 0) is 0 Å². The van der Waals surface area contributed by atoms with E-state index < -0.39 is 17.7 Å². The molecule has 0 saturated carbocycles. The smallest absolute Gasteiger partial charge is 0.258 e. The van der Waals surface area contributed by atoms with E-state index in [1.807, 2.05) is 61.5 Å². The zero-order valence-corrected chi connectivity index (χ0v) is 19.6. The normalized spacial score (nSPS) is 16.8. The zero-order chi connectivity index (χ0) is 25.2. The lowest BCUT2D eigenvalue weighted by Crippen LogP contribution is -2.47. The summed E-state index contributed by atoms with van der Waals surface area (Å²) in [5, 5.41) is 0. The lowest BCUT2D eigenvalue weighted by atomic mass is 9.89. The third kappa shape index (κ3) is 4.38. The van der Waals surface area contributed by atoms with E-state index in [0.29, 0.717) is 17.8 Å². The summed E-state index contributed by atoms with van der Waals surface area (Å²) >= 11 is 0. The highest BCUT2D eigenvalue weighted by molar-refractivity contribution is 6.09. The second-order valence-electron chi connectivity index (χ2n) is 8.87. The average Bonchev–Trinajstić information content (AvgIpc) is 2.89. The third-order valence-electron chi connectivity index (χ3n) is 6.49. The van der Waals surface area contributed by atoms with Crippen molar-refractivity contribution in [2.45, 2.75) is 25.4 Å². The van der Waals surface area contributed by atoms with Crippen molar-refractivity contribution in [3.05, 3.63) is 131 Å². The highest BCUT2D eigenvalue weighted by Gasteiger charge is 2.39. The largest absolute Gasteiger partial charge is 0.305 e. The molecule has 0 radical (unpaired) electrons. The van der Waals surface area contributed by atoms with Crippen molar-refractivity contribution in [3.63, 3.8) is 0 Å². The van der Waals surface area contributed by atoms with Gasteiger partial charge in [0.05, 0.1) is 6.04 Å². The zero-order valence-electron chi connectivity index (χ0n) is 19.6. The van der Waals surface area contributed by atoms with Gasteiger partial charge in [0.25, 0.3) is 11.8 Å². The number of benzene rings is 4. The molecule has 36 heavy (non-hydrogen) atoms. The molecule has 1 aliphatic rings. The van der Waals surface area contributed by atoms with Crippen molar-refractivity contribution < 1.29 is 18.4 Å². The Balaban J connectivity index is 1.61. The Kier molecular flexibility index (Phi) is 6.34. The van der Waals surface area contributed by atoms with Gasteiger partial charge < -0.3 is 9.80 Å². The summed E-state index contributed by atoms with van der Waals surface area (Å²) in [6.45, 7) is 1.91. The molecule has 6 heteroatoms. The van der Waals surface area contributed by atoms with Crippen LogP contribution < -0.4 is 9.80 Å². The van der Waals surface area contributed by atoms with Crippen molar-refractivity contribution in [2.75, 3.05) is 9.80 Å². The number of carbonyl (C=O) groups excluding carboxylic acids is 2. The minimum absolute atomic E-state index is 0.238. The number of amides is 2. The molecule has 1 aliphatic heterocycles. The first-order valence-electron chi connectivity index (χ1n) is 11.8. The summed E-state index contributed by atoms with van der Waals surface area (Å²) in [6.07, 6.45) is 0.439. The van der Waals surface area contributed by atoms with E-state index >= 15 is 0 Å². The van der Waals surface area contributed by atoms with Crippen molar-refractivity contribution >= 4 is 23.2 Å². The number of hydrogen-bond donors (Lipinski definition) is 0. The molecule has 0 N–H and O–H groups in total. The number of fused-ring (bicyclic) bond motifs is 1. The molecule has 0 aliphatic carbocycles. The quantitative estimate of drug-likeness (QED) is 0.321. The van der Waals surface area contributed by atoms with Crippen molar-refractivity contribution in [1.29, 1.82) is 0 Å². The molecule has 4 aromatic rings. The monoisotopic (exact) mass is 482 g/mol. The lowest BCUT2D eigenvalue weighted by molar-refractivity contribution is 0.0965. The Morgan fingerprint density at radius 2 is 1.39 bits per heavy atom. The average molecular weight is 483 g/mol. The van der Waals surface area contributed by atoms with E-state index in [1.54, 1.807) is 21.9 Å². The fourth-order valence-corrected chi connectivity index (χ4v) is 4.88. The molecule has 4 aromatic carbocycles. The van der Waals surface area contributed by atoms with E-state index in [9.17, 15) is 18.4 Å². The fourth-order valence-electron chi connectivity index (χ4n) is 4.88. The molecule has 4 nitrogen and oxygen atoms in total. The van der Waals surface area contributed by atoms with Crippen molar-refractivity contribution in [2.24, 2.45) is 0 Å². The highest BCUT2D eigenvalue weighted by atomic mass is 19.1. The van der Waals surface area contributed by atoms with Crippen molar-refractivity contribution in [3.8, 4) is 0 Å².